The van der Waals surface area contributed by atoms with Crippen molar-refractivity contribution in [3.8, 4) is 5.69 Å². The minimum absolute atomic E-state index is 0.0634. The van der Waals surface area contributed by atoms with Gasteiger partial charge in [-0.3, -0.25) is 4.79 Å². The zero-order valence-electron chi connectivity index (χ0n) is 16.3. The Balaban J connectivity index is 1.38. The molecule has 0 radical (unpaired) electrons. The van der Waals surface area contributed by atoms with E-state index in [-0.39, 0.29) is 11.8 Å². The molecule has 1 saturated heterocycles. The fourth-order valence-corrected chi connectivity index (χ4v) is 3.46. The zero-order valence-corrected chi connectivity index (χ0v) is 16.3. The molecule has 1 aliphatic rings. The molecule has 2 amide bonds. The number of carbonyl (C=O) groups is 2. The molecule has 0 bridgehead atoms. The molecule has 148 valence electrons. The van der Waals surface area contributed by atoms with Gasteiger partial charge in [0.15, 0.2) is 5.78 Å². The number of hydrogen-bond donors (Lipinski definition) is 1. The van der Waals surface area contributed by atoms with Crippen LogP contribution < -0.4 is 10.2 Å². The molecule has 2 heterocycles. The summed E-state index contributed by atoms with van der Waals surface area (Å²) in [7, 11) is 0. The number of piperazine rings is 1. The number of ketones is 1. The van der Waals surface area contributed by atoms with Crippen molar-refractivity contribution in [2.45, 2.75) is 6.92 Å². The molecule has 7 nitrogen and oxygen atoms in total. The number of rotatable bonds is 4. The number of Topliss-reactive ketones (excluding diaryl/α,β-unsaturated/α-hetero) is 1. The number of amides is 2. The van der Waals surface area contributed by atoms with Gasteiger partial charge in [0.1, 0.15) is 0 Å². The Morgan fingerprint density at radius 3 is 2.31 bits per heavy atom. The molecule has 2 aromatic carbocycles. The highest BCUT2D eigenvalue weighted by Gasteiger charge is 2.22. The number of hydrogen-bond acceptors (Lipinski definition) is 4. The summed E-state index contributed by atoms with van der Waals surface area (Å²) >= 11 is 0. The van der Waals surface area contributed by atoms with Crippen LogP contribution in [0.2, 0.25) is 0 Å². The third kappa shape index (κ3) is 4.13. The van der Waals surface area contributed by atoms with Gasteiger partial charge in [0.05, 0.1) is 11.4 Å². The summed E-state index contributed by atoms with van der Waals surface area (Å²) in [5.41, 5.74) is 3.33. The van der Waals surface area contributed by atoms with Gasteiger partial charge in [-0.05, 0) is 49.4 Å². The van der Waals surface area contributed by atoms with Gasteiger partial charge in [-0.2, -0.15) is 5.10 Å². The minimum Gasteiger partial charge on any atom is -0.368 e. The first-order chi connectivity index (χ1) is 14.1. The summed E-state index contributed by atoms with van der Waals surface area (Å²) in [4.78, 5) is 28.3. The smallest absolute Gasteiger partial charge is 0.322 e. The fraction of sp³-hybridized carbons (Fsp3) is 0.227. The van der Waals surface area contributed by atoms with Gasteiger partial charge in [0.2, 0.25) is 0 Å². The van der Waals surface area contributed by atoms with Crippen LogP contribution in [0.1, 0.15) is 17.3 Å². The second-order valence-electron chi connectivity index (χ2n) is 6.98. The molecule has 7 heteroatoms. The van der Waals surface area contributed by atoms with Gasteiger partial charge in [-0.15, -0.1) is 0 Å². The maximum Gasteiger partial charge on any atom is 0.322 e. The van der Waals surface area contributed by atoms with Gasteiger partial charge < -0.3 is 15.1 Å². The second kappa shape index (κ2) is 8.18. The predicted octanol–water partition coefficient (Wildman–Crippen LogP) is 3.43. The lowest BCUT2D eigenvalue weighted by Gasteiger charge is -2.36. The number of benzene rings is 2. The van der Waals surface area contributed by atoms with Gasteiger partial charge in [-0.25, -0.2) is 9.48 Å². The number of urea groups is 1. The van der Waals surface area contributed by atoms with Gasteiger partial charge >= 0.3 is 6.03 Å². The number of para-hydroxylation sites is 2. The average Bonchev–Trinajstić information content (AvgIpc) is 3.29. The zero-order chi connectivity index (χ0) is 20.2. The van der Waals surface area contributed by atoms with Gasteiger partial charge in [0, 0.05) is 49.8 Å². The first-order valence-corrected chi connectivity index (χ1v) is 9.63. The Kier molecular flexibility index (Phi) is 5.29. The molecule has 1 N–H and O–H groups in total. The molecule has 1 aromatic heterocycles. The highest BCUT2D eigenvalue weighted by molar-refractivity contribution is 5.94. The highest BCUT2D eigenvalue weighted by Crippen LogP contribution is 2.21. The number of carbonyl (C=O) groups excluding carboxylic acids is 2. The molecule has 29 heavy (non-hydrogen) atoms. The Bertz CT molecular complexity index is 990. The monoisotopic (exact) mass is 389 g/mol. The van der Waals surface area contributed by atoms with E-state index in [0.717, 1.165) is 30.2 Å². The van der Waals surface area contributed by atoms with Crippen molar-refractivity contribution in [1.82, 2.24) is 14.7 Å². The second-order valence-corrected chi connectivity index (χ2v) is 6.98. The number of nitrogens with one attached hydrogen (secondary N) is 1. The molecule has 3 aromatic rings. The van der Waals surface area contributed by atoms with E-state index in [0.29, 0.717) is 18.7 Å². The van der Waals surface area contributed by atoms with E-state index in [1.165, 1.54) is 0 Å². The van der Waals surface area contributed by atoms with E-state index in [1.807, 2.05) is 65.7 Å². The van der Waals surface area contributed by atoms with Crippen molar-refractivity contribution < 1.29 is 9.59 Å². The Hall–Kier alpha value is -3.61. The maximum atomic E-state index is 12.8. The van der Waals surface area contributed by atoms with E-state index >= 15 is 0 Å². The molecule has 0 aliphatic carbocycles. The lowest BCUT2D eigenvalue weighted by molar-refractivity contribution is 0.101. The summed E-state index contributed by atoms with van der Waals surface area (Å²) in [5.74, 6) is 0.0634. The predicted molar refractivity (Wildman–Crippen MR) is 113 cm³/mol. The number of nitrogens with zero attached hydrogens (tertiary/aromatic N) is 4. The molecule has 0 atom stereocenters. The standard InChI is InChI=1S/C22H23N5O2/c1-17(28)18-7-9-19(10-8-18)25-13-15-26(16-14-25)22(29)24-20-5-2-3-6-21(20)27-12-4-11-23-27/h2-12H,13-16H2,1H3,(H,24,29). The minimum atomic E-state index is -0.115. The summed E-state index contributed by atoms with van der Waals surface area (Å²) in [5, 5.41) is 7.26. The normalized spacial score (nSPS) is 14.0. The van der Waals surface area contributed by atoms with Crippen molar-refractivity contribution in [2.75, 3.05) is 36.4 Å². The third-order valence-corrected chi connectivity index (χ3v) is 5.10. The van der Waals surface area contributed by atoms with Gasteiger partial charge in [0.25, 0.3) is 0 Å². The highest BCUT2D eigenvalue weighted by atomic mass is 16.2. The summed E-state index contributed by atoms with van der Waals surface area (Å²) < 4.78 is 1.73. The van der Waals surface area contributed by atoms with Crippen LogP contribution in [0.15, 0.2) is 67.0 Å². The molecule has 4 rings (SSSR count). The van der Waals surface area contributed by atoms with Crippen molar-refractivity contribution in [2.24, 2.45) is 0 Å². The first kappa shape index (κ1) is 18.7. The van der Waals surface area contributed by atoms with Crippen LogP contribution in [-0.4, -0.2) is 52.7 Å². The summed E-state index contributed by atoms with van der Waals surface area (Å²) in [6.07, 6.45) is 3.56. The third-order valence-electron chi connectivity index (χ3n) is 5.10. The Labute approximate surface area is 169 Å². The van der Waals surface area contributed by atoms with Crippen LogP contribution in [-0.2, 0) is 0 Å². The van der Waals surface area contributed by atoms with E-state index < -0.39 is 0 Å². The summed E-state index contributed by atoms with van der Waals surface area (Å²) in [6, 6.07) is 17.0. The largest absolute Gasteiger partial charge is 0.368 e. The van der Waals surface area contributed by atoms with Crippen molar-refractivity contribution in [3.63, 3.8) is 0 Å². The van der Waals surface area contributed by atoms with Crippen LogP contribution in [0.25, 0.3) is 5.69 Å². The Morgan fingerprint density at radius 2 is 1.66 bits per heavy atom. The maximum absolute atomic E-state index is 12.8. The molecular formula is C22H23N5O2. The van der Waals surface area contributed by atoms with E-state index in [4.69, 9.17) is 0 Å². The van der Waals surface area contributed by atoms with E-state index in [9.17, 15) is 9.59 Å². The van der Waals surface area contributed by atoms with Crippen LogP contribution in [0.3, 0.4) is 0 Å². The number of anilines is 2. The topological polar surface area (TPSA) is 70.5 Å². The molecule has 1 aliphatic heterocycles. The van der Waals surface area contributed by atoms with Crippen LogP contribution in [0.4, 0.5) is 16.2 Å². The SMILES string of the molecule is CC(=O)c1ccc(N2CCN(C(=O)Nc3ccccc3-n3cccn3)CC2)cc1. The number of aromatic nitrogens is 2. The Morgan fingerprint density at radius 1 is 0.931 bits per heavy atom. The van der Waals surface area contributed by atoms with Crippen LogP contribution >= 0.6 is 0 Å². The fourth-order valence-electron chi connectivity index (χ4n) is 3.46. The van der Waals surface area contributed by atoms with Crippen LogP contribution in [0.5, 0.6) is 0 Å². The quantitative estimate of drug-likeness (QED) is 0.694. The van der Waals surface area contributed by atoms with E-state index in [1.54, 1.807) is 17.8 Å². The van der Waals surface area contributed by atoms with Crippen molar-refractivity contribution in [1.29, 1.82) is 0 Å². The van der Waals surface area contributed by atoms with E-state index in [2.05, 4.69) is 15.3 Å². The van der Waals surface area contributed by atoms with Crippen molar-refractivity contribution in [3.05, 3.63) is 72.6 Å². The molecular weight excluding hydrogens is 366 g/mol. The lowest BCUT2D eigenvalue weighted by atomic mass is 10.1. The lowest BCUT2D eigenvalue weighted by Crippen LogP contribution is -2.50. The molecule has 0 spiro atoms. The van der Waals surface area contributed by atoms with Crippen LogP contribution in [0, 0.1) is 0 Å². The molecule has 0 unspecified atom stereocenters. The molecule has 0 saturated carbocycles. The van der Waals surface area contributed by atoms with Gasteiger partial charge in [-0.1, -0.05) is 12.1 Å². The summed E-state index contributed by atoms with van der Waals surface area (Å²) in [6.45, 7) is 4.31. The first-order valence-electron chi connectivity index (χ1n) is 9.63. The van der Waals surface area contributed by atoms with Crippen molar-refractivity contribution >= 4 is 23.2 Å². The average molecular weight is 389 g/mol. The molecule has 1 fully saturated rings.